The zero-order valence-corrected chi connectivity index (χ0v) is 19.5. The molecule has 0 amide bonds. The van der Waals surface area contributed by atoms with Crippen molar-refractivity contribution in [1.82, 2.24) is 5.32 Å². The Labute approximate surface area is 190 Å². The summed E-state index contributed by atoms with van der Waals surface area (Å²) in [6.45, 7) is 7.50. The number of halogens is 1. The molecule has 2 aromatic rings. The molecule has 2 fully saturated rings. The predicted molar refractivity (Wildman–Crippen MR) is 130 cm³/mol. The molecule has 1 saturated carbocycles. The van der Waals surface area contributed by atoms with Crippen LogP contribution >= 0.6 is 0 Å². The number of hydrogen-bond donors (Lipinski definition) is 4. The molecular weight excluding hydrogens is 403 g/mol. The van der Waals surface area contributed by atoms with Crippen molar-refractivity contribution in [2.24, 2.45) is 5.41 Å². The van der Waals surface area contributed by atoms with Crippen molar-refractivity contribution >= 4 is 17.6 Å². The number of aliphatic hydroxyl groups is 1. The number of hydrogen-bond acceptors (Lipinski definition) is 5. The molecule has 2 aromatic carbocycles. The van der Waals surface area contributed by atoms with Gasteiger partial charge in [0, 0.05) is 47.7 Å². The molecular formula is C26H35FN4O. The topological polar surface area (TPSA) is 71.4 Å². The lowest BCUT2D eigenvalue weighted by molar-refractivity contribution is 0.000858. The summed E-state index contributed by atoms with van der Waals surface area (Å²) in [5, 5.41) is 25.2. The zero-order valence-electron chi connectivity index (χ0n) is 19.5. The van der Waals surface area contributed by atoms with E-state index in [0.717, 1.165) is 41.2 Å². The Kier molecular flexibility index (Phi) is 6.03. The highest BCUT2D eigenvalue weighted by Crippen LogP contribution is 2.51. The summed E-state index contributed by atoms with van der Waals surface area (Å²) in [6, 6.07) is 14.3. The van der Waals surface area contributed by atoms with Crippen LogP contribution in [0.4, 0.5) is 15.8 Å². The largest absolute Gasteiger partial charge is 0.386 e. The Morgan fingerprint density at radius 2 is 1.84 bits per heavy atom. The van der Waals surface area contributed by atoms with Crippen molar-refractivity contribution in [2.75, 3.05) is 30.4 Å². The number of rotatable bonds is 8. The third kappa shape index (κ3) is 4.39. The van der Waals surface area contributed by atoms with E-state index in [1.54, 1.807) is 13.8 Å². The zero-order chi connectivity index (χ0) is 23.1. The minimum Gasteiger partial charge on any atom is -0.386 e. The average molecular weight is 439 g/mol. The van der Waals surface area contributed by atoms with Crippen molar-refractivity contribution in [3.8, 4) is 0 Å². The standard InChI is InChI=1S/C26H35FN4O/c1-17(29-4)24(18-5-7-20(8-6-18)25(2,3)32)30-23-10-9-22(11-19(23)14-28)31-15-26(16-31)12-21(27)13-26/h5-11,14,17,21,24,28-30,32H,12-13,15-16H2,1-4H3/t17-,24?/m1/s1. The van der Waals surface area contributed by atoms with Crippen LogP contribution in [0.3, 0.4) is 0 Å². The highest BCUT2D eigenvalue weighted by atomic mass is 19.1. The molecule has 1 spiro atoms. The minimum atomic E-state index is -0.876. The van der Waals surface area contributed by atoms with Crippen LogP contribution < -0.4 is 15.5 Å². The second-order valence-corrected chi connectivity index (χ2v) is 10.2. The summed E-state index contributed by atoms with van der Waals surface area (Å²) >= 11 is 0. The molecule has 5 nitrogen and oxygen atoms in total. The van der Waals surface area contributed by atoms with Crippen molar-refractivity contribution in [1.29, 1.82) is 5.41 Å². The molecule has 2 atom stereocenters. The Morgan fingerprint density at radius 1 is 1.19 bits per heavy atom. The van der Waals surface area contributed by atoms with Crippen LogP contribution in [0.15, 0.2) is 42.5 Å². The van der Waals surface area contributed by atoms with Crippen LogP contribution in [-0.2, 0) is 5.60 Å². The van der Waals surface area contributed by atoms with Gasteiger partial charge >= 0.3 is 0 Å². The minimum absolute atomic E-state index is 0.0100. The number of benzene rings is 2. The lowest BCUT2D eigenvalue weighted by atomic mass is 9.62. The van der Waals surface area contributed by atoms with Gasteiger partial charge in [-0.15, -0.1) is 0 Å². The van der Waals surface area contributed by atoms with Gasteiger partial charge in [-0.25, -0.2) is 4.39 Å². The number of alkyl halides is 1. The summed E-state index contributed by atoms with van der Waals surface area (Å²) in [4.78, 5) is 2.28. The first-order chi connectivity index (χ1) is 15.1. The maximum Gasteiger partial charge on any atom is 0.101 e. The molecule has 1 heterocycles. The molecule has 0 bridgehead atoms. The third-order valence-corrected chi connectivity index (χ3v) is 7.16. The van der Waals surface area contributed by atoms with Crippen LogP contribution in [-0.4, -0.2) is 43.7 Å². The van der Waals surface area contributed by atoms with Gasteiger partial charge in [-0.1, -0.05) is 24.3 Å². The highest BCUT2D eigenvalue weighted by Gasteiger charge is 2.52. The monoisotopic (exact) mass is 438 g/mol. The van der Waals surface area contributed by atoms with Crippen LogP contribution in [0, 0.1) is 10.8 Å². The molecule has 6 heteroatoms. The fourth-order valence-electron chi connectivity index (χ4n) is 5.01. The maximum absolute atomic E-state index is 13.3. The van der Waals surface area contributed by atoms with E-state index in [-0.39, 0.29) is 17.5 Å². The van der Waals surface area contributed by atoms with E-state index < -0.39 is 11.8 Å². The van der Waals surface area contributed by atoms with E-state index in [0.29, 0.717) is 12.8 Å². The van der Waals surface area contributed by atoms with E-state index in [2.05, 4.69) is 28.5 Å². The Balaban J connectivity index is 1.52. The molecule has 2 aliphatic rings. The molecule has 32 heavy (non-hydrogen) atoms. The van der Waals surface area contributed by atoms with Gasteiger partial charge in [0.1, 0.15) is 6.17 Å². The second kappa shape index (κ2) is 8.49. The smallest absolute Gasteiger partial charge is 0.101 e. The molecule has 0 aromatic heterocycles. The second-order valence-electron chi connectivity index (χ2n) is 10.2. The van der Waals surface area contributed by atoms with Gasteiger partial charge < -0.3 is 26.0 Å². The van der Waals surface area contributed by atoms with Crippen LogP contribution in [0.5, 0.6) is 0 Å². The van der Waals surface area contributed by atoms with Gasteiger partial charge in [-0.05, 0) is 70.0 Å². The van der Waals surface area contributed by atoms with Crippen molar-refractivity contribution < 1.29 is 9.50 Å². The Hall–Kier alpha value is -2.44. The fourth-order valence-corrected chi connectivity index (χ4v) is 5.01. The molecule has 4 rings (SSSR count). The van der Waals surface area contributed by atoms with E-state index in [1.165, 1.54) is 6.21 Å². The summed E-state index contributed by atoms with van der Waals surface area (Å²) in [5.74, 6) is 0. The first-order valence-electron chi connectivity index (χ1n) is 11.4. The number of nitrogens with one attached hydrogen (secondary N) is 3. The van der Waals surface area contributed by atoms with Crippen molar-refractivity contribution in [3.05, 3.63) is 59.2 Å². The molecule has 0 radical (unpaired) electrons. The molecule has 1 aliphatic carbocycles. The molecule has 1 saturated heterocycles. The molecule has 1 aliphatic heterocycles. The molecule has 1 unspecified atom stereocenters. The van der Waals surface area contributed by atoms with Crippen molar-refractivity contribution in [3.63, 3.8) is 0 Å². The fraction of sp³-hybridized carbons (Fsp3) is 0.500. The molecule has 4 N–H and O–H groups in total. The first kappa shape index (κ1) is 22.7. The summed E-state index contributed by atoms with van der Waals surface area (Å²) in [5.41, 5.74) is 4.12. The van der Waals surface area contributed by atoms with Crippen molar-refractivity contribution in [2.45, 2.75) is 57.5 Å². The lowest BCUT2D eigenvalue weighted by Gasteiger charge is -2.58. The van der Waals surface area contributed by atoms with E-state index in [4.69, 9.17) is 5.41 Å². The Morgan fingerprint density at radius 3 is 2.38 bits per heavy atom. The Bertz CT molecular complexity index is 955. The normalized spacial score (nSPS) is 19.8. The van der Waals surface area contributed by atoms with Gasteiger partial charge in [0.25, 0.3) is 0 Å². The predicted octanol–water partition coefficient (Wildman–Crippen LogP) is 4.61. The van der Waals surface area contributed by atoms with Gasteiger partial charge in [-0.3, -0.25) is 0 Å². The van der Waals surface area contributed by atoms with E-state index >= 15 is 0 Å². The lowest BCUT2D eigenvalue weighted by Crippen LogP contribution is -2.63. The summed E-state index contributed by atoms with van der Waals surface area (Å²) in [6.07, 6.45) is 2.15. The quantitative estimate of drug-likeness (QED) is 0.454. The van der Waals surface area contributed by atoms with Crippen LogP contribution in [0.25, 0.3) is 0 Å². The highest BCUT2D eigenvalue weighted by molar-refractivity contribution is 5.88. The van der Waals surface area contributed by atoms with Crippen LogP contribution in [0.1, 0.15) is 56.3 Å². The maximum atomic E-state index is 13.3. The van der Waals surface area contributed by atoms with Gasteiger partial charge in [0.2, 0.25) is 0 Å². The van der Waals surface area contributed by atoms with Gasteiger partial charge in [-0.2, -0.15) is 0 Å². The average Bonchev–Trinajstić information content (AvgIpc) is 2.72. The number of likely N-dealkylation sites (N-methyl/N-ethyl adjacent to an activating group) is 1. The third-order valence-electron chi connectivity index (χ3n) is 7.16. The van der Waals surface area contributed by atoms with Crippen LogP contribution in [0.2, 0.25) is 0 Å². The number of nitrogens with zero attached hydrogens (tertiary/aromatic N) is 1. The van der Waals surface area contributed by atoms with Gasteiger partial charge in [0.05, 0.1) is 11.6 Å². The van der Waals surface area contributed by atoms with E-state index in [1.807, 2.05) is 43.4 Å². The SMILES string of the molecule is CN[C@H](C)C(Nc1ccc(N2CC3(CC(F)C3)C2)cc1C=N)c1ccc(C(C)(C)O)cc1. The van der Waals surface area contributed by atoms with E-state index in [9.17, 15) is 9.50 Å². The summed E-state index contributed by atoms with van der Waals surface area (Å²) in [7, 11) is 1.94. The summed E-state index contributed by atoms with van der Waals surface area (Å²) < 4.78 is 13.3. The number of anilines is 2. The van der Waals surface area contributed by atoms with Gasteiger partial charge in [0.15, 0.2) is 0 Å². The molecule has 172 valence electrons. The first-order valence-corrected chi connectivity index (χ1v) is 11.4.